The number of hydrogen-bond acceptors (Lipinski definition) is 4. The molecule has 2 aromatic rings. The van der Waals surface area contributed by atoms with Crippen LogP contribution < -0.4 is 4.57 Å². The first-order chi connectivity index (χ1) is 10.8. The molecule has 0 unspecified atom stereocenters. The maximum Gasteiger partial charge on any atom is 0.309 e. The number of hydrogen-bond donors (Lipinski definition) is 0. The van der Waals surface area contributed by atoms with Gasteiger partial charge in [-0.05, 0) is 43.5 Å². The lowest BCUT2D eigenvalue weighted by Crippen LogP contribution is -2.46. The van der Waals surface area contributed by atoms with Gasteiger partial charge in [-0.15, -0.1) is 0 Å². The van der Waals surface area contributed by atoms with Crippen molar-refractivity contribution in [1.82, 2.24) is 0 Å². The lowest BCUT2D eigenvalue weighted by molar-refractivity contribution is -0.727. The summed E-state index contributed by atoms with van der Waals surface area (Å²) in [6, 6.07) is 9.15. The van der Waals surface area contributed by atoms with Gasteiger partial charge in [0.2, 0.25) is 5.52 Å². The third-order valence-electron chi connectivity index (χ3n) is 5.53. The lowest BCUT2D eigenvalue weighted by Gasteiger charge is -2.25. The Balaban J connectivity index is 1.57. The van der Waals surface area contributed by atoms with Gasteiger partial charge in [-0.1, -0.05) is 23.5 Å². The largest absolute Gasteiger partial charge is 0.466 e. The molecule has 2 bridgehead atoms. The fourth-order valence-electron chi connectivity index (χ4n) is 4.77. The number of aromatic nitrogens is 1. The van der Waals surface area contributed by atoms with Crippen molar-refractivity contribution in [3.05, 3.63) is 24.3 Å². The molecule has 2 heterocycles. The maximum absolute atomic E-state index is 12.3. The van der Waals surface area contributed by atoms with Crippen molar-refractivity contribution in [2.75, 3.05) is 6.61 Å². The Morgan fingerprint density at radius 2 is 2.23 bits per heavy atom. The highest BCUT2D eigenvalue weighted by Gasteiger charge is 2.64. The minimum atomic E-state index is 0.0343. The Hall–Kier alpha value is -1.07. The SMILES string of the molecule is CCOC(=O)[C@H]1C[C@@H]2C[C@@H]1[C@@H]1[C@@H]2Sc2sc3ccccc3[n+]21. The Morgan fingerprint density at radius 3 is 3.09 bits per heavy atom. The van der Waals surface area contributed by atoms with Crippen LogP contribution >= 0.6 is 23.1 Å². The number of thiazole rings is 1. The molecule has 22 heavy (non-hydrogen) atoms. The zero-order chi connectivity index (χ0) is 14.8. The molecule has 2 saturated carbocycles. The van der Waals surface area contributed by atoms with Crippen LogP contribution in [0.5, 0.6) is 0 Å². The van der Waals surface area contributed by atoms with E-state index in [0.717, 1.165) is 6.42 Å². The summed E-state index contributed by atoms with van der Waals surface area (Å²) in [6.45, 7) is 2.40. The smallest absolute Gasteiger partial charge is 0.309 e. The molecule has 5 rings (SSSR count). The van der Waals surface area contributed by atoms with Gasteiger partial charge in [0.15, 0.2) is 6.04 Å². The Kier molecular flexibility index (Phi) is 2.87. The number of fused-ring (bicyclic) bond motifs is 9. The highest BCUT2D eigenvalue weighted by Crippen LogP contribution is 2.61. The van der Waals surface area contributed by atoms with E-state index in [1.165, 1.54) is 21.0 Å². The monoisotopic (exact) mass is 332 g/mol. The second kappa shape index (κ2) is 4.71. The predicted octanol–water partition coefficient (Wildman–Crippen LogP) is 3.42. The summed E-state index contributed by atoms with van der Waals surface area (Å²) in [5.74, 6) is 1.29. The Labute approximate surface area is 137 Å². The van der Waals surface area contributed by atoms with Crippen LogP contribution in [0, 0.1) is 17.8 Å². The molecule has 0 saturated heterocycles. The van der Waals surface area contributed by atoms with Crippen LogP contribution in [0.1, 0.15) is 25.8 Å². The summed E-state index contributed by atoms with van der Waals surface area (Å²) in [7, 11) is 0. The quantitative estimate of drug-likeness (QED) is 0.623. The molecule has 1 aromatic heterocycles. The van der Waals surface area contributed by atoms with Crippen molar-refractivity contribution in [1.29, 1.82) is 0 Å². The van der Waals surface area contributed by atoms with E-state index in [9.17, 15) is 4.79 Å². The van der Waals surface area contributed by atoms with Crippen LogP contribution in [0.3, 0.4) is 0 Å². The summed E-state index contributed by atoms with van der Waals surface area (Å²) in [5.41, 5.74) is 1.35. The van der Waals surface area contributed by atoms with Crippen LogP contribution in [0.2, 0.25) is 0 Å². The molecule has 114 valence electrons. The third-order valence-corrected chi connectivity index (χ3v) is 8.34. The average molecular weight is 332 g/mol. The van der Waals surface area contributed by atoms with E-state index in [0.29, 0.717) is 29.7 Å². The highest BCUT2D eigenvalue weighted by molar-refractivity contribution is 8.01. The zero-order valence-corrected chi connectivity index (χ0v) is 14.0. The van der Waals surface area contributed by atoms with E-state index in [2.05, 4.69) is 40.6 Å². The normalized spacial score (nSPS) is 34.9. The second-order valence-electron chi connectivity index (χ2n) is 6.53. The van der Waals surface area contributed by atoms with Crippen LogP contribution in [0.25, 0.3) is 10.2 Å². The number of nitrogens with zero attached hydrogens (tertiary/aromatic N) is 1. The van der Waals surface area contributed by atoms with Crippen molar-refractivity contribution >= 4 is 39.3 Å². The van der Waals surface area contributed by atoms with Crippen LogP contribution in [-0.4, -0.2) is 17.8 Å². The van der Waals surface area contributed by atoms with Gasteiger partial charge in [-0.3, -0.25) is 4.79 Å². The molecule has 2 aliphatic carbocycles. The Bertz CT molecular complexity index is 771. The molecule has 1 aromatic carbocycles. The van der Waals surface area contributed by atoms with Gasteiger partial charge in [0.25, 0.3) is 4.34 Å². The number of ether oxygens (including phenoxy) is 1. The first kappa shape index (κ1) is 13.4. The third kappa shape index (κ3) is 1.64. The van der Waals surface area contributed by atoms with Gasteiger partial charge in [-0.25, -0.2) is 0 Å². The van der Waals surface area contributed by atoms with Crippen molar-refractivity contribution in [3.63, 3.8) is 0 Å². The molecular weight excluding hydrogens is 314 g/mol. The van der Waals surface area contributed by atoms with E-state index >= 15 is 0 Å². The molecule has 0 spiro atoms. The van der Waals surface area contributed by atoms with Crippen LogP contribution in [-0.2, 0) is 9.53 Å². The fraction of sp³-hybridized carbons (Fsp3) is 0.529. The first-order valence-electron chi connectivity index (χ1n) is 8.04. The lowest BCUT2D eigenvalue weighted by atomic mass is 9.84. The molecule has 0 N–H and O–H groups in total. The molecule has 5 heteroatoms. The van der Waals surface area contributed by atoms with Gasteiger partial charge in [-0.2, -0.15) is 4.57 Å². The van der Waals surface area contributed by atoms with Gasteiger partial charge in [0, 0.05) is 12.0 Å². The van der Waals surface area contributed by atoms with Gasteiger partial charge >= 0.3 is 5.97 Å². The van der Waals surface area contributed by atoms with Gasteiger partial charge < -0.3 is 4.74 Å². The first-order valence-corrected chi connectivity index (χ1v) is 9.74. The summed E-state index contributed by atoms with van der Waals surface area (Å²) in [5, 5.41) is 0.673. The number of esters is 1. The minimum absolute atomic E-state index is 0.0343. The minimum Gasteiger partial charge on any atom is -0.466 e. The van der Waals surface area contributed by atoms with Gasteiger partial charge in [0.05, 0.1) is 17.8 Å². The van der Waals surface area contributed by atoms with E-state index in [4.69, 9.17) is 4.74 Å². The van der Waals surface area contributed by atoms with Crippen LogP contribution in [0.4, 0.5) is 0 Å². The summed E-state index contributed by atoms with van der Waals surface area (Å²) in [6.07, 6.45) is 2.23. The molecule has 1 aliphatic heterocycles. The molecule has 2 fully saturated rings. The highest BCUT2D eigenvalue weighted by atomic mass is 32.2. The average Bonchev–Trinajstić information content (AvgIpc) is 3.23. The zero-order valence-electron chi connectivity index (χ0n) is 12.4. The standard InChI is InChI=1S/C17H18NO2S2/c1-2-20-16(19)11-8-9-7-10(11)14-15(9)22-17-18(14)12-5-3-4-6-13(12)21-17/h3-6,9-11,14-15H,2,7-8H2,1H3/q+1/t9-,10-,11-,14+,15+/m0/s1. The molecule has 0 amide bonds. The van der Waals surface area contributed by atoms with Gasteiger partial charge in [0.1, 0.15) is 4.70 Å². The number of carbonyl (C=O) groups is 1. The van der Waals surface area contributed by atoms with Crippen molar-refractivity contribution in [3.8, 4) is 0 Å². The number of rotatable bonds is 2. The molecular formula is C17H18NO2S2+. The molecule has 3 aliphatic rings. The van der Waals surface area contributed by atoms with E-state index in [1.807, 2.05) is 18.3 Å². The fourth-order valence-corrected chi connectivity index (χ4v) is 7.93. The molecule has 5 atom stereocenters. The van der Waals surface area contributed by atoms with Crippen molar-refractivity contribution in [2.45, 2.75) is 35.4 Å². The van der Waals surface area contributed by atoms with E-state index in [-0.39, 0.29) is 11.9 Å². The second-order valence-corrected chi connectivity index (χ2v) is 8.99. The molecule has 0 radical (unpaired) electrons. The summed E-state index contributed by atoms with van der Waals surface area (Å²) >= 11 is 3.96. The van der Waals surface area contributed by atoms with Crippen LogP contribution in [0.15, 0.2) is 28.6 Å². The number of benzene rings is 1. The summed E-state index contributed by atoms with van der Waals surface area (Å²) < 4.78 is 10.7. The Morgan fingerprint density at radius 1 is 1.36 bits per heavy atom. The predicted molar refractivity (Wildman–Crippen MR) is 87.0 cm³/mol. The molecule has 3 nitrogen and oxygen atoms in total. The number of para-hydroxylation sites is 1. The maximum atomic E-state index is 12.3. The van der Waals surface area contributed by atoms with E-state index in [1.54, 1.807) is 0 Å². The van der Waals surface area contributed by atoms with Crippen molar-refractivity contribution < 1.29 is 14.1 Å². The summed E-state index contributed by atoms with van der Waals surface area (Å²) in [4.78, 5) is 12.3. The number of thioether (sulfide) groups is 1. The topological polar surface area (TPSA) is 30.2 Å². The van der Waals surface area contributed by atoms with Crippen molar-refractivity contribution in [2.24, 2.45) is 17.8 Å². The van der Waals surface area contributed by atoms with E-state index < -0.39 is 0 Å². The number of carbonyl (C=O) groups excluding carboxylic acids is 1.